The van der Waals surface area contributed by atoms with Crippen molar-refractivity contribution in [2.75, 3.05) is 6.79 Å². The first-order valence-electron chi connectivity index (χ1n) is 7.10. The van der Waals surface area contributed by atoms with E-state index < -0.39 is 0 Å². The third kappa shape index (κ3) is 2.21. The summed E-state index contributed by atoms with van der Waals surface area (Å²) in [7, 11) is 0. The minimum absolute atomic E-state index is 0.246. The van der Waals surface area contributed by atoms with E-state index >= 15 is 0 Å². The molecule has 4 nitrogen and oxygen atoms in total. The Morgan fingerprint density at radius 2 is 1.84 bits per heavy atom. The number of rotatable bonds is 4. The number of carbonyl (C=O) groups excluding carboxylic acids is 1. The lowest BCUT2D eigenvalue weighted by molar-refractivity contribution is -0.247. The van der Waals surface area contributed by atoms with E-state index in [0.717, 1.165) is 32.1 Å². The molecule has 2 unspecified atom stereocenters. The Hall–Kier alpha value is -0.870. The zero-order valence-corrected chi connectivity index (χ0v) is 11.5. The van der Waals surface area contributed by atoms with Gasteiger partial charge in [-0.2, -0.15) is 0 Å². The first-order valence-corrected chi connectivity index (χ1v) is 7.10. The summed E-state index contributed by atoms with van der Waals surface area (Å²) in [5.74, 6) is 0.831. The minimum atomic E-state index is -0.380. The van der Waals surface area contributed by atoms with Crippen molar-refractivity contribution < 1.29 is 19.4 Å². The Labute approximate surface area is 113 Å². The molecule has 0 aromatic heterocycles. The molecule has 4 rings (SSSR count). The molecular formula is C15H22O4. The lowest BCUT2D eigenvalue weighted by atomic mass is 9.52. The number of hydrogen-bond acceptors (Lipinski definition) is 4. The van der Waals surface area contributed by atoms with Crippen LogP contribution in [0.5, 0.6) is 0 Å². The lowest BCUT2D eigenvalue weighted by Gasteiger charge is -2.60. The Morgan fingerprint density at radius 3 is 2.37 bits per heavy atom. The molecule has 0 radical (unpaired) electrons. The van der Waals surface area contributed by atoms with E-state index in [4.69, 9.17) is 14.6 Å². The predicted octanol–water partition coefficient (Wildman–Crippen LogP) is 2.16. The third-order valence-corrected chi connectivity index (χ3v) is 4.98. The summed E-state index contributed by atoms with van der Waals surface area (Å²) >= 11 is 0. The number of hydrogen-bond donors (Lipinski definition) is 1. The number of esters is 1. The standard InChI is InChI=1S/C15H22O4/c1-10(2)13(17)19-15-6-11-3-12(7-15)5-14(4-11,8-15)18-9-16/h11-12,16H,1,3-9H2,2H3. The second-order valence-electron chi connectivity index (χ2n) is 6.77. The molecule has 0 amide bonds. The molecule has 4 aliphatic carbocycles. The first kappa shape index (κ1) is 13.1. The maximum atomic E-state index is 11.9. The van der Waals surface area contributed by atoms with Gasteiger partial charge < -0.3 is 14.6 Å². The molecule has 1 N–H and O–H groups in total. The van der Waals surface area contributed by atoms with Crippen LogP contribution in [0.25, 0.3) is 0 Å². The van der Waals surface area contributed by atoms with Crippen LogP contribution in [0.3, 0.4) is 0 Å². The molecule has 0 aromatic carbocycles. The van der Waals surface area contributed by atoms with Gasteiger partial charge in [0.25, 0.3) is 0 Å². The molecule has 19 heavy (non-hydrogen) atoms. The normalized spacial score (nSPS) is 43.3. The van der Waals surface area contributed by atoms with Gasteiger partial charge >= 0.3 is 5.97 Å². The van der Waals surface area contributed by atoms with Crippen molar-refractivity contribution >= 4 is 5.97 Å². The average Bonchev–Trinajstić information content (AvgIpc) is 2.25. The molecule has 4 heteroatoms. The largest absolute Gasteiger partial charge is 0.456 e. The van der Waals surface area contributed by atoms with Crippen molar-refractivity contribution in [3.63, 3.8) is 0 Å². The van der Waals surface area contributed by atoms with Crippen molar-refractivity contribution in [1.29, 1.82) is 0 Å². The van der Waals surface area contributed by atoms with Crippen LogP contribution in [0.4, 0.5) is 0 Å². The van der Waals surface area contributed by atoms with Gasteiger partial charge in [-0.1, -0.05) is 6.58 Å². The average molecular weight is 266 g/mol. The number of ether oxygens (including phenoxy) is 2. The van der Waals surface area contributed by atoms with Gasteiger partial charge in [-0.3, -0.25) is 0 Å². The molecule has 0 aliphatic heterocycles. The maximum Gasteiger partial charge on any atom is 0.333 e. The lowest BCUT2D eigenvalue weighted by Crippen LogP contribution is -2.61. The van der Waals surface area contributed by atoms with Gasteiger partial charge in [-0.15, -0.1) is 0 Å². The summed E-state index contributed by atoms with van der Waals surface area (Å²) in [6.07, 6.45) is 5.82. The van der Waals surface area contributed by atoms with E-state index in [-0.39, 0.29) is 24.0 Å². The SMILES string of the molecule is C=C(C)C(=O)OC12CC3CC(CC(OCO)(C3)C1)C2. The Kier molecular flexibility index (Phi) is 2.98. The molecular weight excluding hydrogens is 244 g/mol. The van der Waals surface area contributed by atoms with Crippen molar-refractivity contribution in [3.8, 4) is 0 Å². The minimum Gasteiger partial charge on any atom is -0.456 e. The van der Waals surface area contributed by atoms with Gasteiger partial charge in [0.15, 0.2) is 0 Å². The molecule has 0 saturated heterocycles. The van der Waals surface area contributed by atoms with Crippen LogP contribution in [0.15, 0.2) is 12.2 Å². The fourth-order valence-corrected chi connectivity index (χ4v) is 4.80. The Bertz CT molecular complexity index is 400. The van der Waals surface area contributed by atoms with Crippen LogP contribution in [0.1, 0.15) is 45.4 Å². The number of carbonyl (C=O) groups is 1. The van der Waals surface area contributed by atoms with Crippen molar-refractivity contribution in [3.05, 3.63) is 12.2 Å². The number of aliphatic hydroxyl groups is 1. The molecule has 2 atom stereocenters. The molecule has 0 heterocycles. The van der Waals surface area contributed by atoms with E-state index in [0.29, 0.717) is 17.4 Å². The van der Waals surface area contributed by atoms with Crippen LogP contribution in [0.2, 0.25) is 0 Å². The van der Waals surface area contributed by atoms with Crippen LogP contribution in [-0.2, 0) is 14.3 Å². The smallest absolute Gasteiger partial charge is 0.333 e. The van der Waals surface area contributed by atoms with Crippen LogP contribution < -0.4 is 0 Å². The fourth-order valence-electron chi connectivity index (χ4n) is 4.80. The van der Waals surface area contributed by atoms with Crippen molar-refractivity contribution in [2.45, 2.75) is 56.7 Å². The summed E-state index contributed by atoms with van der Waals surface area (Å²) < 4.78 is 11.4. The maximum absolute atomic E-state index is 11.9. The monoisotopic (exact) mass is 266 g/mol. The first-order chi connectivity index (χ1) is 8.96. The van der Waals surface area contributed by atoms with Crippen molar-refractivity contribution in [2.24, 2.45) is 11.8 Å². The molecule has 0 aromatic rings. The van der Waals surface area contributed by atoms with E-state index in [1.54, 1.807) is 6.92 Å². The van der Waals surface area contributed by atoms with Gasteiger partial charge in [0.05, 0.1) is 5.60 Å². The summed E-state index contributed by atoms with van der Waals surface area (Å²) in [6.45, 7) is 5.10. The highest BCUT2D eigenvalue weighted by Gasteiger charge is 2.60. The van der Waals surface area contributed by atoms with Gasteiger partial charge in [0.1, 0.15) is 12.4 Å². The quantitative estimate of drug-likeness (QED) is 0.481. The molecule has 4 fully saturated rings. The van der Waals surface area contributed by atoms with Crippen molar-refractivity contribution in [1.82, 2.24) is 0 Å². The highest BCUT2D eigenvalue weighted by atomic mass is 16.6. The number of aliphatic hydroxyl groups excluding tert-OH is 1. The van der Waals surface area contributed by atoms with Crippen LogP contribution >= 0.6 is 0 Å². The Morgan fingerprint density at radius 1 is 1.26 bits per heavy atom. The summed E-state index contributed by atoms with van der Waals surface area (Å²) in [5, 5.41) is 9.14. The van der Waals surface area contributed by atoms with E-state index in [9.17, 15) is 4.79 Å². The van der Waals surface area contributed by atoms with Crippen LogP contribution in [0, 0.1) is 11.8 Å². The van der Waals surface area contributed by atoms with Gasteiger partial charge in [-0.05, 0) is 50.9 Å². The van der Waals surface area contributed by atoms with Gasteiger partial charge in [0.2, 0.25) is 0 Å². The molecule has 4 saturated carbocycles. The summed E-state index contributed by atoms with van der Waals surface area (Å²) in [6, 6.07) is 0. The third-order valence-electron chi connectivity index (χ3n) is 4.98. The van der Waals surface area contributed by atoms with E-state index in [1.165, 1.54) is 6.42 Å². The highest BCUT2D eigenvalue weighted by Crippen LogP contribution is 2.60. The zero-order chi connectivity index (χ0) is 13.7. The second kappa shape index (κ2) is 4.32. The van der Waals surface area contributed by atoms with Gasteiger partial charge in [0, 0.05) is 12.0 Å². The molecule has 0 spiro atoms. The fraction of sp³-hybridized carbons (Fsp3) is 0.800. The van der Waals surface area contributed by atoms with Crippen LogP contribution in [-0.4, -0.2) is 29.1 Å². The summed E-state index contributed by atoms with van der Waals surface area (Å²) in [5.41, 5.74) is -0.198. The predicted molar refractivity (Wildman–Crippen MR) is 69.2 cm³/mol. The Balaban J connectivity index is 1.83. The van der Waals surface area contributed by atoms with E-state index in [2.05, 4.69) is 6.58 Å². The molecule has 4 bridgehead atoms. The highest BCUT2D eigenvalue weighted by molar-refractivity contribution is 5.87. The van der Waals surface area contributed by atoms with Gasteiger partial charge in [-0.25, -0.2) is 4.79 Å². The topological polar surface area (TPSA) is 55.8 Å². The van der Waals surface area contributed by atoms with E-state index in [1.807, 2.05) is 0 Å². The molecule has 4 aliphatic rings. The second-order valence-corrected chi connectivity index (χ2v) is 6.77. The zero-order valence-electron chi connectivity index (χ0n) is 11.5. The molecule has 106 valence electrons. The summed E-state index contributed by atoms with van der Waals surface area (Å²) in [4.78, 5) is 11.9.